The lowest BCUT2D eigenvalue weighted by atomic mass is 9.87. The van der Waals surface area contributed by atoms with Gasteiger partial charge in [-0.25, -0.2) is 0 Å². The minimum absolute atomic E-state index is 0.0972. The number of ether oxygens (including phenoxy) is 1. The van der Waals surface area contributed by atoms with E-state index in [1.165, 1.54) is 0 Å². The summed E-state index contributed by atoms with van der Waals surface area (Å²) in [4.78, 5) is 0. The summed E-state index contributed by atoms with van der Waals surface area (Å²) in [6.07, 6.45) is 2.34. The number of hydrogen-bond donors (Lipinski definition) is 1. The van der Waals surface area contributed by atoms with Gasteiger partial charge in [-0.15, -0.1) is 0 Å². The molecule has 0 aromatic heterocycles. The van der Waals surface area contributed by atoms with E-state index in [2.05, 4.69) is 32.9 Å². The van der Waals surface area contributed by atoms with Crippen molar-refractivity contribution < 1.29 is 4.74 Å². The summed E-state index contributed by atoms with van der Waals surface area (Å²) in [6.45, 7) is 10.8. The highest BCUT2D eigenvalue weighted by Crippen LogP contribution is 2.27. The first-order valence-electron chi connectivity index (χ1n) is 6.80. The molecule has 2 nitrogen and oxygen atoms in total. The second-order valence-electron chi connectivity index (χ2n) is 6.44. The molecule has 0 heterocycles. The third kappa shape index (κ3) is 5.54. The highest BCUT2D eigenvalue weighted by atomic mass is 16.5. The molecule has 0 aliphatic rings. The Kier molecular flexibility index (Phi) is 5.21. The second-order valence-corrected chi connectivity index (χ2v) is 6.44. The van der Waals surface area contributed by atoms with E-state index in [1.54, 1.807) is 0 Å². The zero-order valence-electron chi connectivity index (χ0n) is 12.4. The molecule has 0 fully saturated rings. The molecule has 18 heavy (non-hydrogen) atoms. The van der Waals surface area contributed by atoms with Crippen molar-refractivity contribution >= 4 is 0 Å². The Bertz CT molecular complexity index is 366. The Hall–Kier alpha value is -1.02. The first-order valence-corrected chi connectivity index (χ1v) is 6.80. The average molecular weight is 249 g/mol. The first-order chi connectivity index (χ1) is 8.28. The van der Waals surface area contributed by atoms with Crippen LogP contribution in [0.5, 0.6) is 5.75 Å². The van der Waals surface area contributed by atoms with Gasteiger partial charge in [-0.1, -0.05) is 32.9 Å². The van der Waals surface area contributed by atoms with E-state index in [9.17, 15) is 0 Å². The topological polar surface area (TPSA) is 35.2 Å². The quantitative estimate of drug-likeness (QED) is 0.844. The maximum Gasteiger partial charge on any atom is 0.120 e. The van der Waals surface area contributed by atoms with E-state index >= 15 is 0 Å². The minimum Gasteiger partial charge on any atom is -0.491 e. The molecule has 1 atom stereocenters. The summed E-state index contributed by atoms with van der Waals surface area (Å²) in [5, 5.41) is 0. The molecule has 2 N–H and O–H groups in total. The van der Waals surface area contributed by atoms with Crippen LogP contribution in [-0.4, -0.2) is 6.10 Å². The Labute approximate surface area is 112 Å². The summed E-state index contributed by atoms with van der Waals surface area (Å²) in [7, 11) is 0. The Balaban J connectivity index is 2.65. The number of benzene rings is 1. The van der Waals surface area contributed by atoms with Crippen molar-refractivity contribution in [1.82, 2.24) is 0 Å². The fourth-order valence-corrected chi connectivity index (χ4v) is 1.85. The van der Waals surface area contributed by atoms with Crippen LogP contribution in [0.25, 0.3) is 0 Å². The van der Waals surface area contributed by atoms with Gasteiger partial charge in [0.25, 0.3) is 0 Å². The highest BCUT2D eigenvalue weighted by molar-refractivity contribution is 5.30. The lowest BCUT2D eigenvalue weighted by molar-refractivity contribution is 0.242. The number of rotatable bonds is 5. The molecule has 1 aromatic rings. The van der Waals surface area contributed by atoms with E-state index in [-0.39, 0.29) is 12.1 Å². The van der Waals surface area contributed by atoms with Crippen LogP contribution in [0.4, 0.5) is 0 Å². The van der Waals surface area contributed by atoms with Crippen LogP contribution in [0.2, 0.25) is 0 Å². The number of nitrogens with two attached hydrogens (primary N) is 1. The second kappa shape index (κ2) is 6.24. The molecule has 0 spiro atoms. The lowest BCUT2D eigenvalue weighted by Gasteiger charge is -2.21. The normalized spacial score (nSPS) is 13.7. The summed E-state index contributed by atoms with van der Waals surface area (Å²) >= 11 is 0. The molecule has 1 unspecified atom stereocenters. The van der Waals surface area contributed by atoms with Crippen molar-refractivity contribution in [2.45, 2.75) is 59.6 Å². The van der Waals surface area contributed by atoms with Crippen LogP contribution in [0.3, 0.4) is 0 Å². The molecule has 102 valence electrons. The van der Waals surface area contributed by atoms with Crippen molar-refractivity contribution in [2.75, 3.05) is 0 Å². The fraction of sp³-hybridized carbons (Fsp3) is 0.625. The van der Waals surface area contributed by atoms with Gasteiger partial charge in [-0.2, -0.15) is 0 Å². The standard InChI is InChI=1S/C16H27NO/c1-12(2)18-14-8-6-7-13(11-14)15(17)9-10-16(3,4)5/h6-8,11-12,15H,9-10,17H2,1-5H3. The zero-order chi connectivity index (χ0) is 13.8. The van der Waals surface area contributed by atoms with Crippen LogP contribution >= 0.6 is 0 Å². The van der Waals surface area contributed by atoms with Crippen LogP contribution in [-0.2, 0) is 0 Å². The van der Waals surface area contributed by atoms with Gasteiger partial charge in [0.05, 0.1) is 6.10 Å². The summed E-state index contributed by atoms with van der Waals surface area (Å²) in [5.41, 5.74) is 7.75. The van der Waals surface area contributed by atoms with Crippen LogP contribution in [0, 0.1) is 5.41 Å². The molecule has 0 aliphatic carbocycles. The average Bonchev–Trinajstić information content (AvgIpc) is 2.24. The van der Waals surface area contributed by atoms with E-state index in [1.807, 2.05) is 26.0 Å². The van der Waals surface area contributed by atoms with Gasteiger partial charge in [0.1, 0.15) is 5.75 Å². The third-order valence-corrected chi connectivity index (χ3v) is 2.86. The molecular weight excluding hydrogens is 222 g/mol. The minimum atomic E-state index is 0.0972. The van der Waals surface area contributed by atoms with Gasteiger partial charge in [0, 0.05) is 6.04 Å². The van der Waals surface area contributed by atoms with Gasteiger partial charge in [0.15, 0.2) is 0 Å². The Morgan fingerprint density at radius 3 is 2.44 bits per heavy atom. The fourth-order valence-electron chi connectivity index (χ4n) is 1.85. The Morgan fingerprint density at radius 2 is 1.89 bits per heavy atom. The molecule has 0 radical (unpaired) electrons. The molecule has 0 saturated carbocycles. The molecule has 1 rings (SSSR count). The van der Waals surface area contributed by atoms with E-state index in [0.717, 1.165) is 24.2 Å². The van der Waals surface area contributed by atoms with E-state index < -0.39 is 0 Å². The molecule has 2 heteroatoms. The summed E-state index contributed by atoms with van der Waals surface area (Å²) in [5.74, 6) is 0.911. The van der Waals surface area contributed by atoms with Crippen molar-refractivity contribution in [3.63, 3.8) is 0 Å². The molecule has 0 aliphatic heterocycles. The van der Waals surface area contributed by atoms with Gasteiger partial charge in [0.2, 0.25) is 0 Å². The molecule has 1 aromatic carbocycles. The monoisotopic (exact) mass is 249 g/mol. The van der Waals surface area contributed by atoms with Crippen molar-refractivity contribution in [1.29, 1.82) is 0 Å². The smallest absolute Gasteiger partial charge is 0.120 e. The lowest BCUT2D eigenvalue weighted by Crippen LogP contribution is -2.15. The molecule has 0 amide bonds. The summed E-state index contributed by atoms with van der Waals surface area (Å²) < 4.78 is 5.69. The van der Waals surface area contributed by atoms with Gasteiger partial charge in [-0.05, 0) is 49.8 Å². The van der Waals surface area contributed by atoms with Crippen LogP contribution in [0.1, 0.15) is 59.1 Å². The van der Waals surface area contributed by atoms with E-state index in [4.69, 9.17) is 10.5 Å². The van der Waals surface area contributed by atoms with Gasteiger partial charge < -0.3 is 10.5 Å². The molecule has 0 bridgehead atoms. The summed E-state index contributed by atoms with van der Waals surface area (Å²) in [6, 6.07) is 8.25. The van der Waals surface area contributed by atoms with Crippen LogP contribution in [0.15, 0.2) is 24.3 Å². The maximum absolute atomic E-state index is 6.25. The van der Waals surface area contributed by atoms with Crippen molar-refractivity contribution in [3.8, 4) is 5.75 Å². The van der Waals surface area contributed by atoms with Crippen molar-refractivity contribution in [3.05, 3.63) is 29.8 Å². The predicted octanol–water partition coefficient (Wildman–Crippen LogP) is 4.30. The predicted molar refractivity (Wildman–Crippen MR) is 77.8 cm³/mol. The Morgan fingerprint density at radius 1 is 1.22 bits per heavy atom. The number of hydrogen-bond acceptors (Lipinski definition) is 2. The van der Waals surface area contributed by atoms with Crippen molar-refractivity contribution in [2.24, 2.45) is 11.1 Å². The van der Waals surface area contributed by atoms with Crippen LogP contribution < -0.4 is 10.5 Å². The molecular formula is C16H27NO. The third-order valence-electron chi connectivity index (χ3n) is 2.86. The largest absolute Gasteiger partial charge is 0.491 e. The highest BCUT2D eigenvalue weighted by Gasteiger charge is 2.14. The first kappa shape index (κ1) is 15.0. The van der Waals surface area contributed by atoms with Gasteiger partial charge >= 0.3 is 0 Å². The zero-order valence-corrected chi connectivity index (χ0v) is 12.4. The maximum atomic E-state index is 6.25. The van der Waals surface area contributed by atoms with E-state index in [0.29, 0.717) is 5.41 Å². The SMILES string of the molecule is CC(C)Oc1cccc(C(N)CCC(C)(C)C)c1. The van der Waals surface area contributed by atoms with Gasteiger partial charge in [-0.3, -0.25) is 0 Å². The molecule has 0 saturated heterocycles.